The Morgan fingerprint density at radius 2 is 1.90 bits per heavy atom. The van der Waals surface area contributed by atoms with Crippen LogP contribution >= 0.6 is 0 Å². The van der Waals surface area contributed by atoms with E-state index in [0.717, 1.165) is 19.5 Å². The average Bonchev–Trinajstić information content (AvgIpc) is 2.37. The van der Waals surface area contributed by atoms with E-state index in [-0.39, 0.29) is 5.60 Å². The lowest BCUT2D eigenvalue weighted by molar-refractivity contribution is -0.683. The van der Waals surface area contributed by atoms with Gasteiger partial charge in [0.2, 0.25) is 0 Å². The van der Waals surface area contributed by atoms with Gasteiger partial charge in [-0.25, -0.2) is 0 Å². The van der Waals surface area contributed by atoms with Crippen LogP contribution in [0.15, 0.2) is 24.3 Å². The maximum absolute atomic E-state index is 10.7. The molecule has 0 amide bonds. The second kappa shape index (κ2) is 6.34. The van der Waals surface area contributed by atoms with E-state index in [9.17, 15) is 5.11 Å². The first-order valence-corrected chi connectivity index (χ1v) is 7.74. The van der Waals surface area contributed by atoms with Gasteiger partial charge in [0.25, 0.3) is 0 Å². The predicted octanol–water partition coefficient (Wildman–Crippen LogP) is 1.14. The number of anilines is 1. The van der Waals surface area contributed by atoms with Crippen molar-refractivity contribution in [2.75, 3.05) is 32.1 Å². The van der Waals surface area contributed by atoms with Gasteiger partial charge >= 0.3 is 0 Å². The molecule has 0 bridgehead atoms. The third-order valence-corrected chi connectivity index (χ3v) is 4.17. The minimum atomic E-state index is -0.606. The van der Waals surface area contributed by atoms with Crippen molar-refractivity contribution in [3.8, 4) is 0 Å². The summed E-state index contributed by atoms with van der Waals surface area (Å²) in [5.41, 5.74) is 1.68. The second-order valence-electron chi connectivity index (χ2n) is 7.02. The van der Waals surface area contributed by atoms with Crippen molar-refractivity contribution in [1.29, 1.82) is 0 Å². The monoisotopic (exact) mass is 293 g/mol. The van der Waals surface area contributed by atoms with Crippen LogP contribution in [0, 0.1) is 0 Å². The van der Waals surface area contributed by atoms with E-state index in [1.807, 2.05) is 14.1 Å². The Bertz CT molecular complexity index is 456. The largest absolute Gasteiger partial charge is 0.384 e. The molecule has 4 nitrogen and oxygen atoms in total. The van der Waals surface area contributed by atoms with E-state index >= 15 is 0 Å². The Labute approximate surface area is 128 Å². The Morgan fingerprint density at radius 3 is 2.48 bits per heavy atom. The molecule has 1 saturated heterocycles. The van der Waals surface area contributed by atoms with Crippen LogP contribution in [0.1, 0.15) is 32.3 Å². The van der Waals surface area contributed by atoms with Gasteiger partial charge in [0, 0.05) is 38.2 Å². The molecule has 4 heteroatoms. The highest BCUT2D eigenvalue weighted by molar-refractivity contribution is 5.45. The average molecular weight is 293 g/mol. The molecule has 118 valence electrons. The van der Waals surface area contributed by atoms with E-state index in [2.05, 4.69) is 48.3 Å². The number of benzene rings is 1. The molecule has 1 heterocycles. The van der Waals surface area contributed by atoms with Crippen LogP contribution in [-0.2, 0) is 11.3 Å². The zero-order chi connectivity index (χ0) is 15.5. The van der Waals surface area contributed by atoms with Crippen LogP contribution in [0.25, 0.3) is 0 Å². The van der Waals surface area contributed by atoms with Crippen LogP contribution in [0.4, 0.5) is 5.69 Å². The summed E-state index contributed by atoms with van der Waals surface area (Å²) in [5, 5.41) is 12.9. The van der Waals surface area contributed by atoms with Crippen LogP contribution < -0.4 is 10.2 Å². The summed E-state index contributed by atoms with van der Waals surface area (Å²) in [4.78, 5) is 2.10. The molecular weight excluding hydrogens is 264 g/mol. The highest BCUT2D eigenvalue weighted by atomic mass is 16.5. The molecule has 1 fully saturated rings. The Hall–Kier alpha value is -1.10. The lowest BCUT2D eigenvalue weighted by Gasteiger charge is -2.40. The summed E-state index contributed by atoms with van der Waals surface area (Å²) in [6, 6.07) is 8.58. The number of hydrogen-bond acceptors (Lipinski definition) is 3. The molecule has 2 rings (SSSR count). The first-order chi connectivity index (χ1) is 9.80. The summed E-state index contributed by atoms with van der Waals surface area (Å²) in [7, 11) is 4.09. The molecule has 0 unspecified atom stereocenters. The highest BCUT2D eigenvalue weighted by Gasteiger charge is 2.40. The number of rotatable bonds is 5. The molecule has 1 aromatic rings. The molecule has 1 aromatic carbocycles. The zero-order valence-corrected chi connectivity index (χ0v) is 13.7. The molecule has 1 atom stereocenters. The van der Waals surface area contributed by atoms with Crippen LogP contribution in [0.5, 0.6) is 0 Å². The summed E-state index contributed by atoms with van der Waals surface area (Å²) >= 11 is 0. The Kier molecular flexibility index (Phi) is 4.91. The number of ether oxygens (including phenoxy) is 1. The summed E-state index contributed by atoms with van der Waals surface area (Å²) in [5.74, 6) is 0. The molecule has 3 N–H and O–H groups in total. The van der Waals surface area contributed by atoms with E-state index in [1.165, 1.54) is 11.3 Å². The van der Waals surface area contributed by atoms with Gasteiger partial charge in [0.05, 0.1) is 12.2 Å². The van der Waals surface area contributed by atoms with Gasteiger partial charge in [-0.3, -0.25) is 0 Å². The summed E-state index contributed by atoms with van der Waals surface area (Å²) < 4.78 is 5.68. The minimum absolute atomic E-state index is 0.214. The number of hydrogen-bond donors (Lipinski definition) is 2. The summed E-state index contributed by atoms with van der Waals surface area (Å²) in [6.07, 6.45) is 1.43. The fourth-order valence-electron chi connectivity index (χ4n) is 3.06. The molecule has 21 heavy (non-hydrogen) atoms. The first-order valence-electron chi connectivity index (χ1n) is 7.74. The SMILES string of the molecule is CN(C)c1ccc(C[NH2+]C[C@@]2(O)CCOC(C)(C)C2)cc1. The van der Waals surface area contributed by atoms with Crippen LogP contribution in [0.3, 0.4) is 0 Å². The minimum Gasteiger partial charge on any atom is -0.384 e. The van der Waals surface area contributed by atoms with Crippen molar-refractivity contribution in [2.45, 2.75) is 44.4 Å². The van der Waals surface area contributed by atoms with Gasteiger partial charge in [-0.1, -0.05) is 12.1 Å². The van der Waals surface area contributed by atoms with Gasteiger partial charge in [-0.2, -0.15) is 0 Å². The molecule has 0 aliphatic carbocycles. The smallest absolute Gasteiger partial charge is 0.118 e. The van der Waals surface area contributed by atoms with Gasteiger partial charge in [0.1, 0.15) is 18.7 Å². The highest BCUT2D eigenvalue weighted by Crippen LogP contribution is 2.30. The topological polar surface area (TPSA) is 49.3 Å². The van der Waals surface area contributed by atoms with Crippen molar-refractivity contribution in [2.24, 2.45) is 0 Å². The molecule has 0 radical (unpaired) electrons. The third-order valence-electron chi connectivity index (χ3n) is 4.17. The third kappa shape index (κ3) is 4.70. The molecule has 0 aromatic heterocycles. The van der Waals surface area contributed by atoms with Crippen molar-refractivity contribution in [3.05, 3.63) is 29.8 Å². The number of nitrogens with two attached hydrogens (primary N) is 1. The maximum Gasteiger partial charge on any atom is 0.118 e. The number of quaternary nitrogens is 1. The fraction of sp³-hybridized carbons (Fsp3) is 0.647. The standard InChI is InChI=1S/C17H28N2O2/c1-16(2)12-17(20,9-10-21-16)13-18-11-14-5-7-15(8-6-14)19(3)4/h5-8,18,20H,9-13H2,1-4H3/p+1/t17-/m1/s1. The maximum atomic E-state index is 10.7. The quantitative estimate of drug-likeness (QED) is 0.856. The Balaban J connectivity index is 1.83. The normalized spacial score (nSPS) is 24.8. The predicted molar refractivity (Wildman–Crippen MR) is 85.5 cm³/mol. The summed E-state index contributed by atoms with van der Waals surface area (Å²) in [6.45, 7) is 6.38. The van der Waals surface area contributed by atoms with E-state index in [1.54, 1.807) is 0 Å². The van der Waals surface area contributed by atoms with Crippen molar-refractivity contribution in [3.63, 3.8) is 0 Å². The second-order valence-corrected chi connectivity index (χ2v) is 7.02. The molecule has 1 aliphatic heterocycles. The molecule has 1 aliphatic rings. The van der Waals surface area contributed by atoms with E-state index < -0.39 is 5.60 Å². The van der Waals surface area contributed by atoms with E-state index in [0.29, 0.717) is 13.0 Å². The number of aliphatic hydroxyl groups is 1. The first kappa shape index (κ1) is 16.3. The lowest BCUT2D eigenvalue weighted by atomic mass is 9.84. The number of nitrogens with zero attached hydrogens (tertiary/aromatic N) is 1. The Morgan fingerprint density at radius 1 is 1.24 bits per heavy atom. The molecule has 0 saturated carbocycles. The van der Waals surface area contributed by atoms with E-state index in [4.69, 9.17) is 4.74 Å². The van der Waals surface area contributed by atoms with Gasteiger partial charge < -0.3 is 20.1 Å². The lowest BCUT2D eigenvalue weighted by Crippen LogP contribution is -2.87. The van der Waals surface area contributed by atoms with Crippen molar-refractivity contribution in [1.82, 2.24) is 0 Å². The van der Waals surface area contributed by atoms with Crippen LogP contribution in [-0.4, -0.2) is 43.6 Å². The molecule has 0 spiro atoms. The van der Waals surface area contributed by atoms with Crippen molar-refractivity contribution >= 4 is 5.69 Å². The van der Waals surface area contributed by atoms with Gasteiger partial charge in [-0.15, -0.1) is 0 Å². The van der Waals surface area contributed by atoms with Crippen molar-refractivity contribution < 1.29 is 15.2 Å². The molecular formula is C17H29N2O2+. The van der Waals surface area contributed by atoms with Gasteiger partial charge in [0.15, 0.2) is 0 Å². The fourth-order valence-corrected chi connectivity index (χ4v) is 3.06. The van der Waals surface area contributed by atoms with Gasteiger partial charge in [-0.05, 0) is 26.0 Å². The zero-order valence-electron chi connectivity index (χ0n) is 13.7. The van der Waals surface area contributed by atoms with Crippen LogP contribution in [0.2, 0.25) is 0 Å².